The summed E-state index contributed by atoms with van der Waals surface area (Å²) in [5.41, 5.74) is 1.86. The lowest BCUT2D eigenvalue weighted by Gasteiger charge is -2.36. The highest BCUT2D eigenvalue weighted by atomic mass is 19.1. The van der Waals surface area contributed by atoms with Gasteiger partial charge in [-0.3, -0.25) is 4.79 Å². The van der Waals surface area contributed by atoms with E-state index < -0.39 is 0 Å². The molecule has 7 heteroatoms. The molecular formula is C17H21FN4O2. The van der Waals surface area contributed by atoms with Crippen LogP contribution in [0.4, 0.5) is 4.39 Å². The summed E-state index contributed by atoms with van der Waals surface area (Å²) in [5.74, 6) is -0.434. The number of carbonyl (C=O) groups is 1. The van der Waals surface area contributed by atoms with Gasteiger partial charge in [-0.1, -0.05) is 12.1 Å². The average molecular weight is 332 g/mol. The Hall–Kier alpha value is -2.28. The molecule has 2 heterocycles. The maximum Gasteiger partial charge on any atom is 0.276 e. The monoisotopic (exact) mass is 332 g/mol. The maximum atomic E-state index is 13.1. The third-order valence-electron chi connectivity index (χ3n) is 4.10. The topological polar surface area (TPSA) is 60.2 Å². The van der Waals surface area contributed by atoms with Crippen molar-refractivity contribution in [1.82, 2.24) is 19.9 Å². The number of carbonyl (C=O) groups excluding carboxylic acids is 1. The second-order valence-corrected chi connectivity index (χ2v) is 6.02. The molecule has 1 aromatic heterocycles. The summed E-state index contributed by atoms with van der Waals surface area (Å²) in [4.78, 5) is 16.1. The predicted octanol–water partition coefficient (Wildman–Crippen LogP) is 2.35. The Kier molecular flexibility index (Phi) is 4.62. The van der Waals surface area contributed by atoms with Crippen molar-refractivity contribution in [1.29, 1.82) is 0 Å². The van der Waals surface area contributed by atoms with Gasteiger partial charge >= 0.3 is 0 Å². The van der Waals surface area contributed by atoms with Gasteiger partial charge in [0.05, 0.1) is 24.9 Å². The van der Waals surface area contributed by atoms with Gasteiger partial charge in [0.2, 0.25) is 0 Å². The first-order valence-corrected chi connectivity index (χ1v) is 8.10. The lowest BCUT2D eigenvalue weighted by molar-refractivity contribution is -0.0693. The minimum Gasteiger partial charge on any atom is -0.367 e. The van der Waals surface area contributed by atoms with E-state index in [2.05, 4.69) is 10.2 Å². The van der Waals surface area contributed by atoms with Gasteiger partial charge < -0.3 is 9.64 Å². The minimum atomic E-state index is -0.289. The molecule has 0 radical (unpaired) electrons. The van der Waals surface area contributed by atoms with Crippen LogP contribution in [0.5, 0.6) is 0 Å². The van der Waals surface area contributed by atoms with Crippen LogP contribution in [-0.2, 0) is 11.3 Å². The molecule has 0 N–H and O–H groups in total. The van der Waals surface area contributed by atoms with Crippen LogP contribution in [0.1, 0.15) is 41.7 Å². The van der Waals surface area contributed by atoms with E-state index in [9.17, 15) is 9.18 Å². The molecule has 0 bridgehead atoms. The normalized spacial score (nSPS) is 21.1. The van der Waals surface area contributed by atoms with Crippen molar-refractivity contribution in [2.24, 2.45) is 0 Å². The quantitative estimate of drug-likeness (QED) is 0.866. The predicted molar refractivity (Wildman–Crippen MR) is 86.0 cm³/mol. The van der Waals surface area contributed by atoms with Crippen LogP contribution in [0, 0.1) is 12.7 Å². The summed E-state index contributed by atoms with van der Waals surface area (Å²) < 4.78 is 19.0. The molecule has 128 valence electrons. The van der Waals surface area contributed by atoms with Crippen LogP contribution in [-0.4, -0.2) is 45.0 Å². The van der Waals surface area contributed by atoms with Crippen molar-refractivity contribution >= 4 is 5.91 Å². The van der Waals surface area contributed by atoms with Gasteiger partial charge in [0.1, 0.15) is 11.9 Å². The highest BCUT2D eigenvalue weighted by Gasteiger charge is 2.32. The van der Waals surface area contributed by atoms with Gasteiger partial charge in [0.25, 0.3) is 5.91 Å². The maximum absolute atomic E-state index is 13.1. The molecule has 2 unspecified atom stereocenters. The number of halogens is 1. The zero-order chi connectivity index (χ0) is 17.3. The van der Waals surface area contributed by atoms with Crippen molar-refractivity contribution in [3.05, 3.63) is 47.0 Å². The van der Waals surface area contributed by atoms with Crippen LogP contribution < -0.4 is 0 Å². The van der Waals surface area contributed by atoms with Gasteiger partial charge in [-0.25, -0.2) is 4.39 Å². The number of aromatic nitrogens is 3. The molecule has 1 aliphatic heterocycles. The Labute approximate surface area is 140 Å². The van der Waals surface area contributed by atoms with Crippen LogP contribution in [0.3, 0.4) is 0 Å². The number of rotatable bonds is 3. The van der Waals surface area contributed by atoms with Gasteiger partial charge in [0.15, 0.2) is 5.69 Å². The number of morpholine rings is 1. The third-order valence-corrected chi connectivity index (χ3v) is 4.10. The summed E-state index contributed by atoms with van der Waals surface area (Å²) in [5, 5.41) is 8.50. The van der Waals surface area contributed by atoms with Crippen LogP contribution >= 0.6 is 0 Å². The Balaban J connectivity index is 1.81. The van der Waals surface area contributed by atoms with E-state index in [1.807, 2.05) is 13.8 Å². The molecule has 6 nitrogen and oxygen atoms in total. The second kappa shape index (κ2) is 6.68. The number of hydrogen-bond acceptors (Lipinski definition) is 4. The highest BCUT2D eigenvalue weighted by molar-refractivity contribution is 5.93. The molecule has 2 aromatic rings. The third kappa shape index (κ3) is 3.31. The summed E-state index contributed by atoms with van der Waals surface area (Å²) in [6, 6.07) is 6.20. The first-order valence-electron chi connectivity index (χ1n) is 8.10. The van der Waals surface area contributed by atoms with Gasteiger partial charge in [-0.15, -0.1) is 5.10 Å². The molecule has 0 aliphatic carbocycles. The molecule has 3 rings (SSSR count). The summed E-state index contributed by atoms with van der Waals surface area (Å²) in [6.07, 6.45) is -0.390. The van der Waals surface area contributed by atoms with Crippen molar-refractivity contribution in [3.63, 3.8) is 0 Å². The molecule has 1 aromatic carbocycles. The van der Waals surface area contributed by atoms with Crippen LogP contribution in [0.2, 0.25) is 0 Å². The summed E-state index contributed by atoms with van der Waals surface area (Å²) >= 11 is 0. The summed E-state index contributed by atoms with van der Waals surface area (Å²) in [6.45, 7) is 7.16. The minimum absolute atomic E-state index is 0.112. The number of nitrogens with zero attached hydrogens (tertiary/aromatic N) is 4. The number of amides is 1. The van der Waals surface area contributed by atoms with Crippen molar-refractivity contribution in [2.45, 2.75) is 39.5 Å². The zero-order valence-corrected chi connectivity index (χ0v) is 14.1. The molecule has 1 saturated heterocycles. The standard InChI is InChI=1S/C17H21FN4O2/c1-4-22-19-12(3)16(20-22)17(23)21-9-11(2)24-15(10-21)13-5-7-14(18)8-6-13/h5-8,11,15H,4,9-10H2,1-3H3. The van der Waals surface area contributed by atoms with E-state index in [0.717, 1.165) is 5.56 Å². The van der Waals surface area contributed by atoms with E-state index >= 15 is 0 Å². The molecule has 0 spiro atoms. The Morgan fingerprint density at radius 1 is 1.29 bits per heavy atom. The van der Waals surface area contributed by atoms with Gasteiger partial charge in [0, 0.05) is 6.54 Å². The van der Waals surface area contributed by atoms with Crippen molar-refractivity contribution in [2.75, 3.05) is 13.1 Å². The Morgan fingerprint density at radius 3 is 2.62 bits per heavy atom. The van der Waals surface area contributed by atoms with Crippen LogP contribution in [0.25, 0.3) is 0 Å². The Bertz CT molecular complexity index is 729. The fourth-order valence-electron chi connectivity index (χ4n) is 2.90. The number of ether oxygens (including phenoxy) is 1. The largest absolute Gasteiger partial charge is 0.367 e. The molecule has 1 aliphatic rings. The van der Waals surface area contributed by atoms with E-state index in [4.69, 9.17) is 4.74 Å². The first kappa shape index (κ1) is 16.6. The fourth-order valence-corrected chi connectivity index (χ4v) is 2.90. The molecule has 24 heavy (non-hydrogen) atoms. The van der Waals surface area contributed by atoms with Gasteiger partial charge in [-0.2, -0.15) is 9.90 Å². The van der Waals surface area contributed by atoms with E-state index in [-0.39, 0.29) is 23.9 Å². The average Bonchev–Trinajstić information content (AvgIpc) is 2.95. The second-order valence-electron chi connectivity index (χ2n) is 6.02. The number of aryl methyl sites for hydroxylation is 2. The zero-order valence-electron chi connectivity index (χ0n) is 14.1. The Morgan fingerprint density at radius 2 is 2.00 bits per heavy atom. The van der Waals surface area contributed by atoms with E-state index in [1.54, 1.807) is 24.0 Å². The van der Waals surface area contributed by atoms with Crippen molar-refractivity contribution in [3.8, 4) is 0 Å². The van der Waals surface area contributed by atoms with Crippen LogP contribution in [0.15, 0.2) is 24.3 Å². The summed E-state index contributed by atoms with van der Waals surface area (Å²) in [7, 11) is 0. The fraction of sp³-hybridized carbons (Fsp3) is 0.471. The highest BCUT2D eigenvalue weighted by Crippen LogP contribution is 2.26. The smallest absolute Gasteiger partial charge is 0.276 e. The molecule has 2 atom stereocenters. The number of benzene rings is 1. The SMILES string of the molecule is CCn1nc(C)c(C(=O)N2CC(C)OC(c3ccc(F)cc3)C2)n1. The van der Waals surface area contributed by atoms with Gasteiger partial charge in [-0.05, 0) is 38.5 Å². The van der Waals surface area contributed by atoms with E-state index in [0.29, 0.717) is 31.0 Å². The lowest BCUT2D eigenvalue weighted by atomic mass is 10.1. The first-order chi connectivity index (χ1) is 11.5. The lowest BCUT2D eigenvalue weighted by Crippen LogP contribution is -2.46. The molecule has 1 amide bonds. The molecule has 1 fully saturated rings. The molecule has 0 saturated carbocycles. The molecular weight excluding hydrogens is 311 g/mol. The number of hydrogen-bond donors (Lipinski definition) is 0. The van der Waals surface area contributed by atoms with E-state index in [1.165, 1.54) is 16.9 Å². The van der Waals surface area contributed by atoms with Crippen molar-refractivity contribution < 1.29 is 13.9 Å².